The molecule has 66 valence electrons. The fourth-order valence-corrected chi connectivity index (χ4v) is 1.43. The highest BCUT2D eigenvalue weighted by atomic mass is 19.1. The molecule has 1 aliphatic rings. The molecule has 2 heteroatoms. The first kappa shape index (κ1) is 8.98. The highest BCUT2D eigenvalue weighted by Crippen LogP contribution is 2.13. The maximum absolute atomic E-state index is 12.7. The molecule has 0 aromatic rings. The van der Waals surface area contributed by atoms with Crippen molar-refractivity contribution in [3.8, 4) is 0 Å². The lowest BCUT2D eigenvalue weighted by molar-refractivity contribution is 0.275. The molecule has 1 atom stereocenters. The lowest BCUT2D eigenvalue weighted by Gasteiger charge is -2.15. The number of halogens is 1. The summed E-state index contributed by atoms with van der Waals surface area (Å²) in [6.45, 7) is 7.14. The van der Waals surface area contributed by atoms with Crippen LogP contribution in [-0.4, -0.2) is 30.7 Å². The molecular formula is C9H18FN. The summed E-state index contributed by atoms with van der Waals surface area (Å²) in [5.41, 5.74) is 0. The van der Waals surface area contributed by atoms with E-state index < -0.39 is 6.17 Å². The van der Waals surface area contributed by atoms with Gasteiger partial charge in [0.25, 0.3) is 0 Å². The second-order valence-corrected chi connectivity index (χ2v) is 3.87. The van der Waals surface area contributed by atoms with Crippen LogP contribution in [0.25, 0.3) is 0 Å². The van der Waals surface area contributed by atoms with Gasteiger partial charge >= 0.3 is 0 Å². The summed E-state index contributed by atoms with van der Waals surface area (Å²) in [4.78, 5) is 2.23. The normalized spacial score (nSPS) is 26.7. The molecule has 11 heavy (non-hydrogen) atoms. The fourth-order valence-electron chi connectivity index (χ4n) is 1.43. The molecule has 0 spiro atoms. The minimum Gasteiger partial charge on any atom is -0.300 e. The summed E-state index contributed by atoms with van der Waals surface area (Å²) >= 11 is 0. The van der Waals surface area contributed by atoms with E-state index in [0.29, 0.717) is 6.54 Å². The summed E-state index contributed by atoms with van der Waals surface area (Å²) < 4.78 is 12.7. The molecule has 0 aromatic heterocycles. The molecule has 1 saturated heterocycles. The van der Waals surface area contributed by atoms with Gasteiger partial charge in [-0.2, -0.15) is 0 Å². The Morgan fingerprint density at radius 3 is 2.73 bits per heavy atom. The number of rotatable bonds is 3. The largest absolute Gasteiger partial charge is 0.300 e. The summed E-state index contributed by atoms with van der Waals surface area (Å²) in [7, 11) is 0. The topological polar surface area (TPSA) is 3.24 Å². The summed E-state index contributed by atoms with van der Waals surface area (Å²) in [6, 6.07) is 0. The van der Waals surface area contributed by atoms with Crippen molar-refractivity contribution in [2.24, 2.45) is 5.92 Å². The summed E-state index contributed by atoms with van der Waals surface area (Å²) in [6.07, 6.45) is 1.40. The van der Waals surface area contributed by atoms with E-state index in [1.807, 2.05) is 0 Å². The van der Waals surface area contributed by atoms with Crippen molar-refractivity contribution in [3.05, 3.63) is 0 Å². The van der Waals surface area contributed by atoms with Crippen molar-refractivity contribution in [2.75, 3.05) is 19.6 Å². The molecule has 1 rings (SSSR count). The van der Waals surface area contributed by atoms with Crippen LogP contribution in [0.1, 0.15) is 26.7 Å². The Labute approximate surface area is 68.6 Å². The van der Waals surface area contributed by atoms with E-state index in [0.717, 1.165) is 25.4 Å². The summed E-state index contributed by atoms with van der Waals surface area (Å²) in [5, 5.41) is 0. The number of alkyl halides is 1. The van der Waals surface area contributed by atoms with Crippen LogP contribution in [0.2, 0.25) is 0 Å². The Kier molecular flexibility index (Phi) is 3.31. The van der Waals surface area contributed by atoms with E-state index in [1.165, 1.54) is 6.42 Å². The van der Waals surface area contributed by atoms with Crippen LogP contribution in [0, 0.1) is 5.92 Å². The first-order valence-corrected chi connectivity index (χ1v) is 4.55. The molecule has 1 aliphatic heterocycles. The minimum absolute atomic E-state index is 0.554. The third kappa shape index (κ3) is 3.19. The van der Waals surface area contributed by atoms with Gasteiger partial charge in [0.15, 0.2) is 0 Å². The number of hydrogen-bond donors (Lipinski definition) is 0. The van der Waals surface area contributed by atoms with Crippen molar-refractivity contribution < 1.29 is 4.39 Å². The predicted octanol–water partition coefficient (Wildman–Crippen LogP) is 2.08. The van der Waals surface area contributed by atoms with Gasteiger partial charge in [0, 0.05) is 13.1 Å². The third-order valence-corrected chi connectivity index (χ3v) is 2.24. The molecule has 0 amide bonds. The van der Waals surface area contributed by atoms with Gasteiger partial charge in [0.05, 0.1) is 0 Å². The quantitative estimate of drug-likeness (QED) is 0.609. The maximum atomic E-state index is 12.7. The van der Waals surface area contributed by atoms with Crippen LogP contribution in [0.15, 0.2) is 0 Å². The lowest BCUT2D eigenvalue weighted by atomic mass is 10.1. The molecule has 1 fully saturated rings. The molecule has 0 bridgehead atoms. The Hall–Kier alpha value is -0.110. The van der Waals surface area contributed by atoms with E-state index in [2.05, 4.69) is 18.7 Å². The van der Waals surface area contributed by atoms with E-state index in [1.54, 1.807) is 0 Å². The van der Waals surface area contributed by atoms with Gasteiger partial charge in [-0.05, 0) is 25.3 Å². The molecule has 0 radical (unpaired) electrons. The number of likely N-dealkylation sites (tertiary alicyclic amines) is 1. The predicted molar refractivity (Wildman–Crippen MR) is 45.4 cm³/mol. The van der Waals surface area contributed by atoms with Gasteiger partial charge in [-0.25, -0.2) is 4.39 Å². The zero-order valence-corrected chi connectivity index (χ0v) is 7.52. The summed E-state index contributed by atoms with van der Waals surface area (Å²) in [5.74, 6) is 0.744. The Bertz CT molecular complexity index is 114. The molecular weight excluding hydrogens is 141 g/mol. The van der Waals surface area contributed by atoms with Crippen molar-refractivity contribution in [3.63, 3.8) is 0 Å². The molecule has 0 N–H and O–H groups in total. The SMILES string of the molecule is CC(C)CCN1CC[C@H](F)C1. The van der Waals surface area contributed by atoms with Gasteiger partial charge in [-0.15, -0.1) is 0 Å². The Morgan fingerprint density at radius 1 is 1.55 bits per heavy atom. The molecule has 0 unspecified atom stereocenters. The minimum atomic E-state index is -0.554. The van der Waals surface area contributed by atoms with Crippen LogP contribution in [0.5, 0.6) is 0 Å². The second kappa shape index (κ2) is 4.05. The van der Waals surface area contributed by atoms with Gasteiger partial charge in [-0.1, -0.05) is 13.8 Å². The van der Waals surface area contributed by atoms with Gasteiger partial charge in [-0.3, -0.25) is 0 Å². The van der Waals surface area contributed by atoms with Crippen LogP contribution in [-0.2, 0) is 0 Å². The van der Waals surface area contributed by atoms with Crippen molar-refractivity contribution >= 4 is 0 Å². The zero-order valence-electron chi connectivity index (χ0n) is 7.52. The highest BCUT2D eigenvalue weighted by Gasteiger charge is 2.20. The molecule has 1 heterocycles. The van der Waals surface area contributed by atoms with Gasteiger partial charge in [0.1, 0.15) is 6.17 Å². The fraction of sp³-hybridized carbons (Fsp3) is 1.00. The molecule has 0 aromatic carbocycles. The van der Waals surface area contributed by atoms with Crippen molar-refractivity contribution in [2.45, 2.75) is 32.9 Å². The van der Waals surface area contributed by atoms with E-state index >= 15 is 0 Å². The van der Waals surface area contributed by atoms with E-state index in [9.17, 15) is 4.39 Å². The smallest absolute Gasteiger partial charge is 0.114 e. The zero-order chi connectivity index (χ0) is 8.27. The molecule has 1 nitrogen and oxygen atoms in total. The van der Waals surface area contributed by atoms with Crippen LogP contribution in [0.3, 0.4) is 0 Å². The first-order valence-electron chi connectivity index (χ1n) is 4.55. The highest BCUT2D eigenvalue weighted by molar-refractivity contribution is 4.74. The van der Waals surface area contributed by atoms with E-state index in [4.69, 9.17) is 0 Å². The molecule has 0 saturated carbocycles. The lowest BCUT2D eigenvalue weighted by Crippen LogP contribution is -2.23. The Balaban J connectivity index is 2.08. The van der Waals surface area contributed by atoms with Crippen LogP contribution < -0.4 is 0 Å². The van der Waals surface area contributed by atoms with E-state index in [-0.39, 0.29) is 0 Å². The second-order valence-electron chi connectivity index (χ2n) is 3.87. The molecule has 0 aliphatic carbocycles. The monoisotopic (exact) mass is 159 g/mol. The van der Waals surface area contributed by atoms with Gasteiger partial charge in [0.2, 0.25) is 0 Å². The average Bonchev–Trinajstić information content (AvgIpc) is 2.31. The van der Waals surface area contributed by atoms with Gasteiger partial charge < -0.3 is 4.90 Å². The van der Waals surface area contributed by atoms with Crippen molar-refractivity contribution in [1.82, 2.24) is 4.90 Å². The Morgan fingerprint density at radius 2 is 2.27 bits per heavy atom. The third-order valence-electron chi connectivity index (χ3n) is 2.24. The average molecular weight is 159 g/mol. The standard InChI is InChI=1S/C9H18FN/c1-8(2)3-5-11-6-4-9(10)7-11/h8-9H,3-7H2,1-2H3/t9-/m0/s1. The number of hydrogen-bond acceptors (Lipinski definition) is 1. The van der Waals surface area contributed by atoms with Crippen molar-refractivity contribution in [1.29, 1.82) is 0 Å². The van der Waals surface area contributed by atoms with Crippen LogP contribution in [0.4, 0.5) is 4.39 Å². The maximum Gasteiger partial charge on any atom is 0.114 e. The first-order chi connectivity index (χ1) is 5.18. The number of nitrogens with zero attached hydrogens (tertiary/aromatic N) is 1. The van der Waals surface area contributed by atoms with Crippen LogP contribution >= 0.6 is 0 Å².